The quantitative estimate of drug-likeness (QED) is 0.797. The van der Waals surface area contributed by atoms with Gasteiger partial charge in [0.2, 0.25) is 0 Å². The summed E-state index contributed by atoms with van der Waals surface area (Å²) in [5, 5.41) is 3.25. The van der Waals surface area contributed by atoms with E-state index in [1.807, 2.05) is 26.0 Å². The van der Waals surface area contributed by atoms with E-state index in [-0.39, 0.29) is 12.0 Å². The molecule has 94 valence electrons. The monoisotopic (exact) mass is 235 g/mol. The van der Waals surface area contributed by atoms with Gasteiger partial charge in [0.05, 0.1) is 6.61 Å². The Morgan fingerprint density at radius 3 is 2.65 bits per heavy atom. The van der Waals surface area contributed by atoms with Gasteiger partial charge in [-0.3, -0.25) is 0 Å². The fraction of sp³-hybridized carbons (Fsp3) is 0.500. The molecule has 1 aromatic carbocycles. The molecule has 0 saturated carbocycles. The third kappa shape index (κ3) is 3.48. The molecule has 3 heteroatoms. The van der Waals surface area contributed by atoms with Crippen molar-refractivity contribution in [2.24, 2.45) is 0 Å². The van der Waals surface area contributed by atoms with Crippen LogP contribution in [-0.2, 0) is 9.53 Å². The molecular weight excluding hydrogens is 214 g/mol. The number of hydrogen-bond acceptors (Lipinski definition) is 3. The van der Waals surface area contributed by atoms with Crippen molar-refractivity contribution in [3.8, 4) is 0 Å². The van der Waals surface area contributed by atoms with Gasteiger partial charge in [-0.15, -0.1) is 0 Å². The highest BCUT2D eigenvalue weighted by Gasteiger charge is 2.17. The van der Waals surface area contributed by atoms with Crippen molar-refractivity contribution in [1.29, 1.82) is 0 Å². The van der Waals surface area contributed by atoms with Crippen LogP contribution in [0.1, 0.15) is 31.4 Å². The standard InChI is InChI=1S/C14H21NO2/c1-5-12(14(16)17-6-2)15-13-9-7-8-10(3)11(13)4/h7-9,12,15H,5-6H2,1-4H3. The Bertz CT molecular complexity index is 388. The number of ether oxygens (including phenoxy) is 1. The van der Waals surface area contributed by atoms with Crippen LogP contribution in [0, 0.1) is 13.8 Å². The Labute approximate surface area is 103 Å². The zero-order chi connectivity index (χ0) is 12.8. The molecule has 0 amide bonds. The molecule has 0 aliphatic rings. The number of hydrogen-bond donors (Lipinski definition) is 1. The Balaban J connectivity index is 2.80. The normalized spacial score (nSPS) is 12.0. The fourth-order valence-electron chi connectivity index (χ4n) is 1.67. The summed E-state index contributed by atoms with van der Waals surface area (Å²) in [5.41, 5.74) is 3.40. The number of benzene rings is 1. The van der Waals surface area contributed by atoms with E-state index in [1.54, 1.807) is 0 Å². The van der Waals surface area contributed by atoms with Crippen molar-refractivity contribution in [2.45, 2.75) is 40.2 Å². The maximum Gasteiger partial charge on any atom is 0.328 e. The third-order valence-electron chi connectivity index (χ3n) is 2.91. The first-order chi connectivity index (χ1) is 8.10. The number of rotatable bonds is 5. The molecule has 0 spiro atoms. The minimum absolute atomic E-state index is 0.184. The second kappa shape index (κ2) is 6.28. The van der Waals surface area contributed by atoms with Crippen molar-refractivity contribution >= 4 is 11.7 Å². The van der Waals surface area contributed by atoms with E-state index < -0.39 is 0 Å². The number of anilines is 1. The lowest BCUT2D eigenvalue weighted by atomic mass is 10.1. The highest BCUT2D eigenvalue weighted by atomic mass is 16.5. The Hall–Kier alpha value is -1.51. The second-order valence-electron chi connectivity index (χ2n) is 4.10. The summed E-state index contributed by atoms with van der Waals surface area (Å²) in [5.74, 6) is -0.184. The summed E-state index contributed by atoms with van der Waals surface area (Å²) in [7, 11) is 0. The summed E-state index contributed by atoms with van der Waals surface area (Å²) >= 11 is 0. The van der Waals surface area contributed by atoms with Crippen LogP contribution in [0.4, 0.5) is 5.69 Å². The molecule has 0 aliphatic carbocycles. The molecule has 1 N–H and O–H groups in total. The van der Waals surface area contributed by atoms with Crippen LogP contribution in [0.5, 0.6) is 0 Å². The van der Waals surface area contributed by atoms with E-state index >= 15 is 0 Å². The van der Waals surface area contributed by atoms with Crippen molar-refractivity contribution in [2.75, 3.05) is 11.9 Å². The molecule has 1 unspecified atom stereocenters. The van der Waals surface area contributed by atoms with Crippen molar-refractivity contribution < 1.29 is 9.53 Å². The van der Waals surface area contributed by atoms with Crippen LogP contribution in [-0.4, -0.2) is 18.6 Å². The summed E-state index contributed by atoms with van der Waals surface area (Å²) in [4.78, 5) is 11.7. The highest BCUT2D eigenvalue weighted by molar-refractivity contribution is 5.79. The average Bonchev–Trinajstić information content (AvgIpc) is 2.31. The average molecular weight is 235 g/mol. The summed E-state index contributed by atoms with van der Waals surface area (Å²) in [6.07, 6.45) is 0.714. The second-order valence-corrected chi connectivity index (χ2v) is 4.10. The lowest BCUT2D eigenvalue weighted by molar-refractivity contribution is -0.144. The number of aryl methyl sites for hydroxylation is 1. The van der Waals surface area contributed by atoms with E-state index in [0.29, 0.717) is 13.0 Å². The van der Waals surface area contributed by atoms with Gasteiger partial charge in [-0.2, -0.15) is 0 Å². The fourth-order valence-corrected chi connectivity index (χ4v) is 1.67. The van der Waals surface area contributed by atoms with Crippen LogP contribution in [0.15, 0.2) is 18.2 Å². The maximum absolute atomic E-state index is 11.7. The predicted octanol–water partition coefficient (Wildman–Crippen LogP) is 3.06. The maximum atomic E-state index is 11.7. The van der Waals surface area contributed by atoms with Crippen LogP contribution < -0.4 is 5.32 Å². The molecule has 1 atom stereocenters. The molecule has 0 fully saturated rings. The van der Waals surface area contributed by atoms with Gasteiger partial charge >= 0.3 is 5.97 Å². The molecule has 3 nitrogen and oxygen atoms in total. The molecule has 1 aromatic rings. The van der Waals surface area contributed by atoms with Crippen LogP contribution in [0.2, 0.25) is 0 Å². The van der Waals surface area contributed by atoms with E-state index in [0.717, 1.165) is 5.69 Å². The lowest BCUT2D eigenvalue weighted by Crippen LogP contribution is -2.31. The molecule has 0 radical (unpaired) electrons. The highest BCUT2D eigenvalue weighted by Crippen LogP contribution is 2.19. The van der Waals surface area contributed by atoms with Gasteiger partial charge in [0.1, 0.15) is 6.04 Å². The molecular formula is C14H21NO2. The smallest absolute Gasteiger partial charge is 0.328 e. The molecule has 0 heterocycles. The molecule has 0 saturated heterocycles. The lowest BCUT2D eigenvalue weighted by Gasteiger charge is -2.18. The van der Waals surface area contributed by atoms with Crippen molar-refractivity contribution in [3.63, 3.8) is 0 Å². The number of carbonyl (C=O) groups is 1. The zero-order valence-electron chi connectivity index (χ0n) is 11.0. The number of esters is 1. The Morgan fingerprint density at radius 1 is 1.35 bits per heavy atom. The molecule has 17 heavy (non-hydrogen) atoms. The van der Waals surface area contributed by atoms with E-state index in [4.69, 9.17) is 4.74 Å². The van der Waals surface area contributed by atoms with E-state index in [9.17, 15) is 4.79 Å². The Morgan fingerprint density at radius 2 is 2.06 bits per heavy atom. The van der Waals surface area contributed by atoms with Gasteiger partial charge < -0.3 is 10.1 Å². The predicted molar refractivity (Wildman–Crippen MR) is 70.3 cm³/mol. The van der Waals surface area contributed by atoms with Crippen molar-refractivity contribution in [3.05, 3.63) is 29.3 Å². The van der Waals surface area contributed by atoms with E-state index in [1.165, 1.54) is 11.1 Å². The van der Waals surface area contributed by atoms with Gasteiger partial charge in [-0.25, -0.2) is 4.79 Å². The molecule has 0 bridgehead atoms. The number of nitrogens with one attached hydrogen (secondary N) is 1. The first kappa shape index (κ1) is 13.6. The molecule has 1 rings (SSSR count). The largest absolute Gasteiger partial charge is 0.464 e. The van der Waals surface area contributed by atoms with Gasteiger partial charge in [-0.1, -0.05) is 19.1 Å². The van der Waals surface area contributed by atoms with Gasteiger partial charge in [0.25, 0.3) is 0 Å². The Kier molecular flexibility index (Phi) is 5.01. The van der Waals surface area contributed by atoms with Crippen LogP contribution >= 0.6 is 0 Å². The molecule has 0 aromatic heterocycles. The van der Waals surface area contributed by atoms with Gasteiger partial charge in [0, 0.05) is 5.69 Å². The minimum atomic E-state index is -0.268. The van der Waals surface area contributed by atoms with Crippen molar-refractivity contribution in [1.82, 2.24) is 0 Å². The summed E-state index contributed by atoms with van der Waals surface area (Å²) in [6, 6.07) is 5.77. The zero-order valence-corrected chi connectivity index (χ0v) is 11.0. The first-order valence-electron chi connectivity index (χ1n) is 6.09. The SMILES string of the molecule is CCOC(=O)C(CC)Nc1cccc(C)c1C. The topological polar surface area (TPSA) is 38.3 Å². The first-order valence-corrected chi connectivity index (χ1v) is 6.09. The van der Waals surface area contributed by atoms with Gasteiger partial charge in [-0.05, 0) is 44.4 Å². The van der Waals surface area contributed by atoms with E-state index in [2.05, 4.69) is 25.2 Å². The minimum Gasteiger partial charge on any atom is -0.464 e. The number of carbonyl (C=O) groups excluding carboxylic acids is 1. The summed E-state index contributed by atoms with van der Waals surface area (Å²) < 4.78 is 5.04. The third-order valence-corrected chi connectivity index (χ3v) is 2.91. The van der Waals surface area contributed by atoms with Crippen LogP contribution in [0.3, 0.4) is 0 Å². The van der Waals surface area contributed by atoms with Gasteiger partial charge in [0.15, 0.2) is 0 Å². The van der Waals surface area contributed by atoms with Crippen LogP contribution in [0.25, 0.3) is 0 Å². The molecule has 0 aliphatic heterocycles. The summed E-state index contributed by atoms with van der Waals surface area (Å²) in [6.45, 7) is 8.33.